The number of piperidine rings is 1. The number of nitrogens with one attached hydrogen (secondary N) is 2. The second-order valence-corrected chi connectivity index (χ2v) is 5.05. The highest BCUT2D eigenvalue weighted by Gasteiger charge is 2.20. The minimum atomic E-state index is -0.0813. The zero-order valence-corrected chi connectivity index (χ0v) is 13.0. The van der Waals surface area contributed by atoms with Gasteiger partial charge in [0.2, 0.25) is 5.91 Å². The first kappa shape index (κ1) is 17.1. The van der Waals surface area contributed by atoms with Crippen LogP contribution in [0.2, 0.25) is 5.02 Å². The van der Waals surface area contributed by atoms with Crippen molar-refractivity contribution in [2.75, 3.05) is 13.7 Å². The first-order valence-electron chi connectivity index (χ1n) is 6.55. The molecular weight excluding hydrogens is 299 g/mol. The SMILES string of the molecule is COc1cccc(Cl)c1CNC(=O)[C@@H]1CCCCN1.Cl. The Balaban J connectivity index is 0.00000200. The lowest BCUT2D eigenvalue weighted by atomic mass is 10.0. The van der Waals surface area contributed by atoms with Crippen LogP contribution in [0.25, 0.3) is 0 Å². The molecule has 1 saturated heterocycles. The number of carbonyl (C=O) groups is 1. The maximum absolute atomic E-state index is 12.0. The number of benzene rings is 1. The average Bonchev–Trinajstić information content (AvgIpc) is 2.46. The lowest BCUT2D eigenvalue weighted by molar-refractivity contribution is -0.123. The number of halogens is 2. The molecule has 1 aliphatic heterocycles. The number of hydrogen-bond donors (Lipinski definition) is 2. The number of hydrogen-bond acceptors (Lipinski definition) is 3. The van der Waals surface area contributed by atoms with Crippen LogP contribution < -0.4 is 15.4 Å². The number of amides is 1. The summed E-state index contributed by atoms with van der Waals surface area (Å²) in [4.78, 5) is 12.0. The largest absolute Gasteiger partial charge is 0.496 e. The van der Waals surface area contributed by atoms with Crippen molar-refractivity contribution >= 4 is 29.9 Å². The number of methoxy groups -OCH3 is 1. The van der Waals surface area contributed by atoms with Crippen LogP contribution in [0.15, 0.2) is 18.2 Å². The third kappa shape index (κ3) is 4.27. The van der Waals surface area contributed by atoms with Gasteiger partial charge < -0.3 is 15.4 Å². The molecule has 0 saturated carbocycles. The maximum atomic E-state index is 12.0. The van der Waals surface area contributed by atoms with Crippen LogP contribution in [-0.2, 0) is 11.3 Å². The topological polar surface area (TPSA) is 50.4 Å². The highest BCUT2D eigenvalue weighted by molar-refractivity contribution is 6.31. The highest BCUT2D eigenvalue weighted by Crippen LogP contribution is 2.25. The number of ether oxygens (including phenoxy) is 1. The summed E-state index contributed by atoms with van der Waals surface area (Å²) in [6, 6.07) is 5.38. The average molecular weight is 319 g/mol. The molecule has 2 rings (SSSR count). The molecule has 112 valence electrons. The molecule has 1 aromatic rings. The molecule has 2 N–H and O–H groups in total. The van der Waals surface area contributed by atoms with E-state index in [4.69, 9.17) is 16.3 Å². The Bertz CT molecular complexity index is 449. The van der Waals surface area contributed by atoms with Crippen LogP contribution in [0.1, 0.15) is 24.8 Å². The van der Waals surface area contributed by atoms with Crippen molar-refractivity contribution in [3.63, 3.8) is 0 Å². The molecule has 0 unspecified atom stereocenters. The van der Waals surface area contributed by atoms with E-state index in [-0.39, 0.29) is 24.4 Å². The lowest BCUT2D eigenvalue weighted by Crippen LogP contribution is -2.46. The van der Waals surface area contributed by atoms with Crippen molar-refractivity contribution in [2.45, 2.75) is 31.8 Å². The Kier molecular flexibility index (Phi) is 7.13. The Morgan fingerprint density at radius 3 is 2.95 bits per heavy atom. The molecule has 1 atom stereocenters. The van der Waals surface area contributed by atoms with Crippen LogP contribution in [0.4, 0.5) is 0 Å². The van der Waals surface area contributed by atoms with Gasteiger partial charge in [-0.2, -0.15) is 0 Å². The van der Waals surface area contributed by atoms with Gasteiger partial charge in [0.1, 0.15) is 5.75 Å². The second-order valence-electron chi connectivity index (χ2n) is 4.64. The Labute approximate surface area is 130 Å². The molecule has 1 heterocycles. The molecule has 0 spiro atoms. The van der Waals surface area contributed by atoms with Crippen LogP contribution >= 0.6 is 24.0 Å². The van der Waals surface area contributed by atoms with Gasteiger partial charge in [0.05, 0.1) is 13.2 Å². The zero-order valence-electron chi connectivity index (χ0n) is 11.4. The monoisotopic (exact) mass is 318 g/mol. The predicted molar refractivity (Wildman–Crippen MR) is 82.7 cm³/mol. The van der Waals surface area contributed by atoms with E-state index in [9.17, 15) is 4.79 Å². The summed E-state index contributed by atoms with van der Waals surface area (Å²) in [5.41, 5.74) is 0.816. The van der Waals surface area contributed by atoms with Crippen LogP contribution in [0, 0.1) is 0 Å². The molecule has 20 heavy (non-hydrogen) atoms. The van der Waals surface area contributed by atoms with E-state index < -0.39 is 0 Å². The molecular formula is C14H20Cl2N2O2. The van der Waals surface area contributed by atoms with E-state index in [1.165, 1.54) is 0 Å². The predicted octanol–water partition coefficient (Wildman–Crippen LogP) is 2.53. The summed E-state index contributed by atoms with van der Waals surface area (Å²) < 4.78 is 5.25. The van der Waals surface area contributed by atoms with Crippen molar-refractivity contribution in [2.24, 2.45) is 0 Å². The van der Waals surface area contributed by atoms with Gasteiger partial charge in [-0.05, 0) is 31.5 Å². The van der Waals surface area contributed by atoms with E-state index in [0.717, 1.165) is 31.4 Å². The van der Waals surface area contributed by atoms with Crippen molar-refractivity contribution in [3.8, 4) is 5.75 Å². The first-order chi connectivity index (χ1) is 9.22. The Morgan fingerprint density at radius 1 is 1.50 bits per heavy atom. The van der Waals surface area contributed by atoms with E-state index in [1.54, 1.807) is 13.2 Å². The smallest absolute Gasteiger partial charge is 0.237 e. The summed E-state index contributed by atoms with van der Waals surface area (Å²) in [5, 5.41) is 6.75. The van der Waals surface area contributed by atoms with E-state index >= 15 is 0 Å². The quantitative estimate of drug-likeness (QED) is 0.897. The molecule has 0 bridgehead atoms. The van der Waals surface area contributed by atoms with E-state index in [1.807, 2.05) is 12.1 Å². The van der Waals surface area contributed by atoms with Gasteiger partial charge >= 0.3 is 0 Å². The van der Waals surface area contributed by atoms with E-state index in [0.29, 0.717) is 17.3 Å². The molecule has 1 aliphatic rings. The summed E-state index contributed by atoms with van der Waals surface area (Å²) >= 11 is 6.13. The highest BCUT2D eigenvalue weighted by atomic mass is 35.5. The van der Waals surface area contributed by atoms with Gasteiger partial charge in [-0.15, -0.1) is 12.4 Å². The summed E-state index contributed by atoms with van der Waals surface area (Å²) in [5.74, 6) is 0.728. The molecule has 1 fully saturated rings. The third-order valence-corrected chi connectivity index (χ3v) is 3.72. The van der Waals surface area contributed by atoms with Gasteiger partial charge in [0, 0.05) is 17.1 Å². The Morgan fingerprint density at radius 2 is 2.30 bits per heavy atom. The fourth-order valence-electron chi connectivity index (χ4n) is 2.28. The fraction of sp³-hybridized carbons (Fsp3) is 0.500. The molecule has 1 aromatic carbocycles. The molecule has 0 aromatic heterocycles. The van der Waals surface area contributed by atoms with Crippen molar-refractivity contribution in [1.29, 1.82) is 0 Å². The minimum Gasteiger partial charge on any atom is -0.496 e. The molecule has 0 radical (unpaired) electrons. The summed E-state index contributed by atoms with van der Waals surface area (Å²) in [6.07, 6.45) is 3.13. The number of rotatable bonds is 4. The van der Waals surface area contributed by atoms with Gasteiger partial charge in [-0.25, -0.2) is 0 Å². The second kappa shape index (κ2) is 8.35. The number of carbonyl (C=O) groups excluding carboxylic acids is 1. The zero-order chi connectivity index (χ0) is 13.7. The van der Waals surface area contributed by atoms with Crippen LogP contribution in [0.3, 0.4) is 0 Å². The fourth-order valence-corrected chi connectivity index (χ4v) is 2.51. The lowest BCUT2D eigenvalue weighted by Gasteiger charge is -2.22. The summed E-state index contributed by atoms with van der Waals surface area (Å²) in [6.45, 7) is 1.30. The van der Waals surface area contributed by atoms with Gasteiger partial charge in [-0.1, -0.05) is 24.1 Å². The summed E-state index contributed by atoms with van der Waals surface area (Å²) in [7, 11) is 1.60. The van der Waals surface area contributed by atoms with Gasteiger partial charge in [0.15, 0.2) is 0 Å². The normalized spacial score (nSPS) is 18.0. The van der Waals surface area contributed by atoms with Gasteiger partial charge in [0.25, 0.3) is 0 Å². The van der Waals surface area contributed by atoms with Crippen LogP contribution in [-0.4, -0.2) is 25.6 Å². The molecule has 0 aliphatic carbocycles. The Hall–Kier alpha value is -0.970. The molecule has 6 heteroatoms. The molecule has 4 nitrogen and oxygen atoms in total. The molecule has 1 amide bonds. The third-order valence-electron chi connectivity index (χ3n) is 3.36. The van der Waals surface area contributed by atoms with Crippen molar-refractivity contribution in [3.05, 3.63) is 28.8 Å². The van der Waals surface area contributed by atoms with Crippen molar-refractivity contribution < 1.29 is 9.53 Å². The van der Waals surface area contributed by atoms with Gasteiger partial charge in [-0.3, -0.25) is 4.79 Å². The minimum absolute atomic E-state index is 0. The maximum Gasteiger partial charge on any atom is 0.237 e. The standard InChI is InChI=1S/C14H19ClN2O2.ClH/c1-19-13-7-4-5-11(15)10(13)9-17-14(18)12-6-2-3-8-16-12;/h4-5,7,12,16H,2-3,6,8-9H2,1H3,(H,17,18);1H/t12-;/m0./s1. The van der Waals surface area contributed by atoms with E-state index in [2.05, 4.69) is 10.6 Å². The first-order valence-corrected chi connectivity index (χ1v) is 6.92. The van der Waals surface area contributed by atoms with Crippen LogP contribution in [0.5, 0.6) is 5.75 Å². The van der Waals surface area contributed by atoms with Crippen molar-refractivity contribution in [1.82, 2.24) is 10.6 Å².